The maximum Gasteiger partial charge on any atom is 0.289 e. The van der Waals surface area contributed by atoms with Gasteiger partial charge in [-0.15, -0.1) is 0 Å². The van der Waals surface area contributed by atoms with Gasteiger partial charge in [0, 0.05) is 30.3 Å². The van der Waals surface area contributed by atoms with Crippen molar-refractivity contribution in [2.75, 3.05) is 18.0 Å². The molecule has 1 heterocycles. The number of piperidine rings is 1. The molecule has 0 saturated carbocycles. The van der Waals surface area contributed by atoms with E-state index in [0.29, 0.717) is 18.5 Å². The lowest BCUT2D eigenvalue weighted by Crippen LogP contribution is -2.35. The summed E-state index contributed by atoms with van der Waals surface area (Å²) in [6.07, 6.45) is 2.45. The summed E-state index contributed by atoms with van der Waals surface area (Å²) >= 11 is 0. The van der Waals surface area contributed by atoms with Crippen LogP contribution in [-0.4, -0.2) is 32.3 Å². The first-order valence-corrected chi connectivity index (χ1v) is 10.5. The van der Waals surface area contributed by atoms with Crippen LogP contribution in [0.4, 0.5) is 11.4 Å². The van der Waals surface area contributed by atoms with Crippen molar-refractivity contribution in [3.05, 3.63) is 64.2 Å². The molecule has 0 bridgehead atoms. The molecule has 2 aromatic carbocycles. The largest absolute Gasteiger partial charge is 0.312 e. The van der Waals surface area contributed by atoms with E-state index in [1.807, 2.05) is 12.1 Å². The van der Waals surface area contributed by atoms with Gasteiger partial charge in [-0.05, 0) is 43.2 Å². The molecule has 2 aromatic rings. The first kappa shape index (κ1) is 20.5. The van der Waals surface area contributed by atoms with E-state index in [1.165, 1.54) is 18.2 Å². The van der Waals surface area contributed by atoms with E-state index in [0.717, 1.165) is 24.6 Å². The molecule has 1 fully saturated rings. The predicted molar refractivity (Wildman–Crippen MR) is 108 cm³/mol. The molecular weight excluding hydrogens is 394 g/mol. The predicted octanol–water partition coefficient (Wildman–Crippen LogP) is 2.44. The standard InChI is InChI=1S/C20H19N3O5S/c24-20-9-3-4-15-22(20)17-12-10-16(11-13-17)6-5-14-21-29(27,28)19-8-2-1-7-18(19)23(25)26/h1-2,7-8,10-13,21H,3-4,9,14-15H2. The number of carbonyl (C=O) groups excluding carboxylic acids is 1. The topological polar surface area (TPSA) is 110 Å². The third-order valence-electron chi connectivity index (χ3n) is 4.44. The van der Waals surface area contributed by atoms with Crippen LogP contribution in [0.25, 0.3) is 0 Å². The van der Waals surface area contributed by atoms with Crippen LogP contribution in [0.15, 0.2) is 53.4 Å². The van der Waals surface area contributed by atoms with Gasteiger partial charge in [-0.25, -0.2) is 8.42 Å². The van der Waals surface area contributed by atoms with Gasteiger partial charge in [0.25, 0.3) is 5.69 Å². The van der Waals surface area contributed by atoms with Crippen LogP contribution in [0.2, 0.25) is 0 Å². The highest BCUT2D eigenvalue weighted by Gasteiger charge is 2.24. The van der Waals surface area contributed by atoms with Crippen molar-refractivity contribution in [1.82, 2.24) is 4.72 Å². The molecule has 0 radical (unpaired) electrons. The van der Waals surface area contributed by atoms with Crippen LogP contribution in [0, 0.1) is 22.0 Å². The molecule has 8 nitrogen and oxygen atoms in total. The molecule has 150 valence electrons. The van der Waals surface area contributed by atoms with Gasteiger partial charge in [0.2, 0.25) is 15.9 Å². The van der Waals surface area contributed by atoms with Crippen LogP contribution in [0.1, 0.15) is 24.8 Å². The maximum atomic E-state index is 12.3. The molecule has 0 aromatic heterocycles. The molecule has 1 N–H and O–H groups in total. The quantitative estimate of drug-likeness (QED) is 0.460. The van der Waals surface area contributed by atoms with Gasteiger partial charge in [0.05, 0.1) is 11.5 Å². The lowest BCUT2D eigenvalue weighted by atomic mass is 10.1. The minimum Gasteiger partial charge on any atom is -0.312 e. The minimum atomic E-state index is -4.06. The Morgan fingerprint density at radius 2 is 1.83 bits per heavy atom. The highest BCUT2D eigenvalue weighted by atomic mass is 32.2. The average Bonchev–Trinajstić information content (AvgIpc) is 2.72. The van der Waals surface area contributed by atoms with Crippen LogP contribution in [0.5, 0.6) is 0 Å². The first-order valence-electron chi connectivity index (χ1n) is 9.01. The number of benzene rings is 2. The van der Waals surface area contributed by atoms with Crippen molar-refractivity contribution in [1.29, 1.82) is 0 Å². The summed E-state index contributed by atoms with van der Waals surface area (Å²) in [6, 6.07) is 12.3. The van der Waals surface area contributed by atoms with E-state index >= 15 is 0 Å². The number of nitrogens with one attached hydrogen (secondary N) is 1. The molecule has 3 rings (SSSR count). The normalized spacial score (nSPS) is 14.2. The fraction of sp³-hybridized carbons (Fsp3) is 0.250. The summed E-state index contributed by atoms with van der Waals surface area (Å²) in [5.41, 5.74) is 0.997. The summed E-state index contributed by atoms with van der Waals surface area (Å²) in [4.78, 5) is 23.6. The Labute approximate surface area is 168 Å². The zero-order valence-electron chi connectivity index (χ0n) is 15.5. The average molecular weight is 413 g/mol. The van der Waals surface area contributed by atoms with Crippen molar-refractivity contribution >= 4 is 27.3 Å². The number of hydrogen-bond acceptors (Lipinski definition) is 5. The summed E-state index contributed by atoms with van der Waals surface area (Å²) < 4.78 is 26.8. The van der Waals surface area contributed by atoms with Crippen LogP contribution < -0.4 is 9.62 Å². The Morgan fingerprint density at radius 1 is 1.10 bits per heavy atom. The van der Waals surface area contributed by atoms with E-state index in [4.69, 9.17) is 0 Å². The molecule has 0 spiro atoms. The number of sulfonamides is 1. The molecule has 0 atom stereocenters. The lowest BCUT2D eigenvalue weighted by Gasteiger charge is -2.26. The Kier molecular flexibility index (Phi) is 6.26. The molecule has 1 aliphatic rings. The number of nitrogens with zero attached hydrogens (tertiary/aromatic N) is 2. The van der Waals surface area contributed by atoms with Crippen molar-refractivity contribution in [2.45, 2.75) is 24.2 Å². The number of anilines is 1. The van der Waals surface area contributed by atoms with E-state index in [1.54, 1.807) is 17.0 Å². The summed E-state index contributed by atoms with van der Waals surface area (Å²) in [7, 11) is -4.06. The van der Waals surface area contributed by atoms with E-state index in [2.05, 4.69) is 16.6 Å². The smallest absolute Gasteiger partial charge is 0.289 e. The molecule has 1 saturated heterocycles. The minimum absolute atomic E-state index is 0.111. The van der Waals surface area contributed by atoms with Crippen molar-refractivity contribution in [2.24, 2.45) is 0 Å². The molecule has 0 unspecified atom stereocenters. The van der Waals surface area contributed by atoms with Crippen LogP contribution in [-0.2, 0) is 14.8 Å². The van der Waals surface area contributed by atoms with Gasteiger partial charge in [-0.1, -0.05) is 24.0 Å². The van der Waals surface area contributed by atoms with Crippen molar-refractivity contribution < 1.29 is 18.1 Å². The Balaban J connectivity index is 1.64. The van der Waals surface area contributed by atoms with Gasteiger partial charge in [-0.3, -0.25) is 14.9 Å². The number of carbonyl (C=O) groups is 1. The Bertz CT molecular complexity index is 1090. The fourth-order valence-electron chi connectivity index (χ4n) is 2.99. The fourth-order valence-corrected chi connectivity index (χ4v) is 4.09. The monoisotopic (exact) mass is 413 g/mol. The molecule has 0 aliphatic carbocycles. The zero-order valence-corrected chi connectivity index (χ0v) is 16.3. The van der Waals surface area contributed by atoms with E-state index in [-0.39, 0.29) is 12.5 Å². The summed E-state index contributed by atoms with van der Waals surface area (Å²) in [5.74, 6) is 5.64. The van der Waals surface area contributed by atoms with Crippen molar-refractivity contribution in [3.8, 4) is 11.8 Å². The van der Waals surface area contributed by atoms with Gasteiger partial charge in [-0.2, -0.15) is 4.72 Å². The van der Waals surface area contributed by atoms with Crippen molar-refractivity contribution in [3.63, 3.8) is 0 Å². The summed E-state index contributed by atoms with van der Waals surface area (Å²) in [5, 5.41) is 11.0. The molecule has 29 heavy (non-hydrogen) atoms. The second-order valence-electron chi connectivity index (χ2n) is 6.40. The lowest BCUT2D eigenvalue weighted by molar-refractivity contribution is -0.387. The Hall–Kier alpha value is -3.22. The number of para-hydroxylation sites is 1. The SMILES string of the molecule is O=C1CCCCN1c1ccc(C#CCNS(=O)(=O)c2ccccc2[N+](=O)[O-])cc1. The van der Waals surface area contributed by atoms with Gasteiger partial charge in [0.1, 0.15) is 0 Å². The summed E-state index contributed by atoms with van der Waals surface area (Å²) in [6.45, 7) is 0.512. The number of amides is 1. The zero-order chi connectivity index (χ0) is 20.9. The third kappa shape index (κ3) is 4.99. The molecule has 1 amide bonds. The number of nitro benzene ring substituents is 1. The van der Waals surface area contributed by atoms with E-state index in [9.17, 15) is 23.3 Å². The van der Waals surface area contributed by atoms with Gasteiger partial charge < -0.3 is 4.90 Å². The third-order valence-corrected chi connectivity index (χ3v) is 5.89. The Morgan fingerprint density at radius 3 is 2.52 bits per heavy atom. The molecular formula is C20H19N3O5S. The van der Waals surface area contributed by atoms with Crippen LogP contribution >= 0.6 is 0 Å². The molecule has 1 aliphatic heterocycles. The van der Waals surface area contributed by atoms with E-state index < -0.39 is 25.5 Å². The number of rotatable bonds is 5. The maximum absolute atomic E-state index is 12.3. The second kappa shape index (κ2) is 8.86. The number of hydrogen-bond donors (Lipinski definition) is 1. The van der Waals surface area contributed by atoms with Crippen LogP contribution in [0.3, 0.4) is 0 Å². The first-order chi connectivity index (χ1) is 13.9. The second-order valence-corrected chi connectivity index (χ2v) is 8.14. The van der Waals surface area contributed by atoms with Gasteiger partial charge >= 0.3 is 0 Å². The highest BCUT2D eigenvalue weighted by molar-refractivity contribution is 7.89. The highest BCUT2D eigenvalue weighted by Crippen LogP contribution is 2.23. The number of nitro groups is 1. The van der Waals surface area contributed by atoms with Gasteiger partial charge in [0.15, 0.2) is 4.90 Å². The molecule has 9 heteroatoms.